The third kappa shape index (κ3) is 3.95. The summed E-state index contributed by atoms with van der Waals surface area (Å²) in [6.45, 7) is 0.708. The number of halogens is 2. The first-order valence-corrected chi connectivity index (χ1v) is 5.88. The van der Waals surface area contributed by atoms with Crippen molar-refractivity contribution in [1.82, 2.24) is 5.32 Å². The predicted octanol–water partition coefficient (Wildman–Crippen LogP) is 2.03. The number of nitro groups is 1. The highest BCUT2D eigenvalue weighted by Gasteiger charge is 2.25. The number of nitrogens with zero attached hydrogens (tertiary/aromatic N) is 1. The van der Waals surface area contributed by atoms with Gasteiger partial charge >= 0.3 is 5.69 Å². The lowest BCUT2D eigenvalue weighted by molar-refractivity contribution is -0.387. The summed E-state index contributed by atoms with van der Waals surface area (Å²) in [7, 11) is 1.53. The summed E-state index contributed by atoms with van der Waals surface area (Å²) in [5, 5.41) is 12.8. The molecule has 0 radical (unpaired) electrons. The number of rotatable bonds is 7. The maximum absolute atomic E-state index is 13.7. The first-order valence-electron chi connectivity index (χ1n) is 5.88. The number of ether oxygens (including phenoxy) is 1. The minimum Gasteiger partial charge on any atom is -0.385 e. The molecule has 1 aromatic rings. The van der Waals surface area contributed by atoms with Gasteiger partial charge in [0.15, 0.2) is 0 Å². The zero-order valence-corrected chi connectivity index (χ0v) is 10.8. The summed E-state index contributed by atoms with van der Waals surface area (Å²) in [5.41, 5.74) is -1.87. The van der Waals surface area contributed by atoms with Crippen LogP contribution in [0, 0.1) is 21.7 Å². The number of nitrogens with one attached hydrogen (secondary N) is 1. The van der Waals surface area contributed by atoms with Crippen LogP contribution in [0.3, 0.4) is 0 Å². The van der Waals surface area contributed by atoms with E-state index in [2.05, 4.69) is 5.32 Å². The molecule has 0 heterocycles. The summed E-state index contributed by atoms with van der Waals surface area (Å²) < 4.78 is 31.9. The van der Waals surface area contributed by atoms with Crippen molar-refractivity contribution in [1.29, 1.82) is 0 Å². The SMILES string of the molecule is COCCCCNC(=O)c1c(F)ccc([N+](=O)[O-])c1F. The largest absolute Gasteiger partial charge is 0.385 e. The molecule has 0 aliphatic rings. The lowest BCUT2D eigenvalue weighted by Gasteiger charge is -2.07. The number of carbonyl (C=O) groups is 1. The lowest BCUT2D eigenvalue weighted by Crippen LogP contribution is -2.27. The van der Waals surface area contributed by atoms with Crippen LogP contribution in [0.5, 0.6) is 0 Å². The van der Waals surface area contributed by atoms with Crippen molar-refractivity contribution in [3.63, 3.8) is 0 Å². The van der Waals surface area contributed by atoms with E-state index >= 15 is 0 Å². The zero-order valence-electron chi connectivity index (χ0n) is 10.8. The van der Waals surface area contributed by atoms with Gasteiger partial charge in [-0.1, -0.05) is 0 Å². The summed E-state index contributed by atoms with van der Waals surface area (Å²) in [6.07, 6.45) is 1.24. The molecule has 8 heteroatoms. The molecule has 0 unspecified atom stereocenters. The molecule has 0 saturated heterocycles. The average molecular weight is 288 g/mol. The van der Waals surface area contributed by atoms with E-state index in [0.717, 1.165) is 0 Å². The van der Waals surface area contributed by atoms with Crippen molar-refractivity contribution in [2.24, 2.45) is 0 Å². The Kier molecular flexibility index (Phi) is 5.98. The quantitative estimate of drug-likeness (QED) is 0.473. The van der Waals surface area contributed by atoms with E-state index in [1.165, 1.54) is 7.11 Å². The molecule has 110 valence electrons. The molecule has 0 aliphatic carbocycles. The van der Waals surface area contributed by atoms with E-state index in [1.807, 2.05) is 0 Å². The highest BCUT2D eigenvalue weighted by atomic mass is 19.1. The minimum atomic E-state index is -1.47. The molecule has 1 aromatic carbocycles. The Morgan fingerprint density at radius 3 is 2.70 bits per heavy atom. The highest BCUT2D eigenvalue weighted by Crippen LogP contribution is 2.22. The highest BCUT2D eigenvalue weighted by molar-refractivity contribution is 5.95. The summed E-state index contributed by atoms with van der Waals surface area (Å²) >= 11 is 0. The van der Waals surface area contributed by atoms with Gasteiger partial charge in [-0.05, 0) is 18.9 Å². The zero-order chi connectivity index (χ0) is 15.1. The average Bonchev–Trinajstić information content (AvgIpc) is 2.38. The Bertz CT molecular complexity index is 508. The smallest absolute Gasteiger partial charge is 0.305 e. The van der Waals surface area contributed by atoms with Crippen molar-refractivity contribution < 1.29 is 23.2 Å². The van der Waals surface area contributed by atoms with E-state index in [1.54, 1.807) is 0 Å². The fraction of sp³-hybridized carbons (Fsp3) is 0.417. The van der Waals surface area contributed by atoms with Gasteiger partial charge in [-0.3, -0.25) is 14.9 Å². The molecule has 0 spiro atoms. The van der Waals surface area contributed by atoms with Gasteiger partial charge in [-0.25, -0.2) is 4.39 Å². The van der Waals surface area contributed by atoms with Crippen LogP contribution >= 0.6 is 0 Å². The molecule has 20 heavy (non-hydrogen) atoms. The third-order valence-corrected chi connectivity index (χ3v) is 2.56. The van der Waals surface area contributed by atoms with Crippen molar-refractivity contribution in [2.75, 3.05) is 20.3 Å². The number of benzene rings is 1. The maximum Gasteiger partial charge on any atom is 0.305 e. The molecule has 6 nitrogen and oxygen atoms in total. The second-order valence-corrected chi connectivity index (χ2v) is 3.97. The Labute approximate surface area is 113 Å². The van der Waals surface area contributed by atoms with Gasteiger partial charge in [-0.2, -0.15) is 4.39 Å². The van der Waals surface area contributed by atoms with Gasteiger partial charge in [-0.15, -0.1) is 0 Å². The van der Waals surface area contributed by atoms with Crippen molar-refractivity contribution >= 4 is 11.6 Å². The Morgan fingerprint density at radius 2 is 2.10 bits per heavy atom. The lowest BCUT2D eigenvalue weighted by atomic mass is 10.1. The van der Waals surface area contributed by atoms with Gasteiger partial charge in [0, 0.05) is 26.3 Å². The third-order valence-electron chi connectivity index (χ3n) is 2.56. The Balaban J connectivity index is 2.77. The second kappa shape index (κ2) is 7.49. The van der Waals surface area contributed by atoms with Crippen LogP contribution in [0.1, 0.15) is 23.2 Å². The normalized spacial score (nSPS) is 10.3. The van der Waals surface area contributed by atoms with Crippen LogP contribution < -0.4 is 5.32 Å². The fourth-order valence-corrected chi connectivity index (χ4v) is 1.55. The number of amides is 1. The number of hydrogen-bond donors (Lipinski definition) is 1. The Morgan fingerprint density at radius 1 is 1.40 bits per heavy atom. The van der Waals surface area contributed by atoms with Gasteiger partial charge in [0.1, 0.15) is 11.4 Å². The first kappa shape index (κ1) is 16.0. The van der Waals surface area contributed by atoms with Gasteiger partial charge in [0.05, 0.1) is 4.92 Å². The van der Waals surface area contributed by atoms with Crippen molar-refractivity contribution in [3.8, 4) is 0 Å². The monoisotopic (exact) mass is 288 g/mol. The molecule has 1 amide bonds. The van der Waals surface area contributed by atoms with E-state index < -0.39 is 33.7 Å². The predicted molar refractivity (Wildman–Crippen MR) is 66.5 cm³/mol. The molecule has 1 N–H and O–H groups in total. The van der Waals surface area contributed by atoms with E-state index in [9.17, 15) is 23.7 Å². The number of hydrogen-bond acceptors (Lipinski definition) is 4. The van der Waals surface area contributed by atoms with Gasteiger partial charge in [0.25, 0.3) is 5.91 Å². The molecular weight excluding hydrogens is 274 g/mol. The van der Waals surface area contributed by atoms with Crippen LogP contribution in [0.25, 0.3) is 0 Å². The minimum absolute atomic E-state index is 0.198. The van der Waals surface area contributed by atoms with Crippen LogP contribution in [0.2, 0.25) is 0 Å². The molecule has 0 bridgehead atoms. The molecule has 0 aliphatic heterocycles. The molecular formula is C12H14F2N2O4. The first-order chi connectivity index (χ1) is 9.49. The molecule has 1 rings (SSSR count). The van der Waals surface area contributed by atoms with Crippen LogP contribution in [-0.2, 0) is 4.74 Å². The molecule has 0 aromatic heterocycles. The van der Waals surface area contributed by atoms with Crippen molar-refractivity contribution in [3.05, 3.63) is 39.4 Å². The molecule has 0 atom stereocenters. The van der Waals surface area contributed by atoms with Gasteiger partial charge in [0.2, 0.25) is 5.82 Å². The van der Waals surface area contributed by atoms with Crippen LogP contribution in [0.4, 0.5) is 14.5 Å². The van der Waals surface area contributed by atoms with E-state index in [4.69, 9.17) is 4.74 Å². The number of methoxy groups -OCH3 is 1. The van der Waals surface area contributed by atoms with E-state index in [0.29, 0.717) is 31.6 Å². The number of carbonyl (C=O) groups excluding carboxylic acids is 1. The number of unbranched alkanes of at least 4 members (excludes halogenated alkanes) is 1. The number of nitro benzene ring substituents is 1. The fourth-order valence-electron chi connectivity index (χ4n) is 1.55. The standard InChI is InChI=1S/C12H14F2N2O4/c1-20-7-3-2-6-15-12(17)10-8(13)4-5-9(11(10)14)16(18)19/h4-5H,2-3,6-7H2,1H3,(H,15,17). The summed E-state index contributed by atoms with van der Waals surface area (Å²) in [5.74, 6) is -3.62. The van der Waals surface area contributed by atoms with E-state index in [-0.39, 0.29) is 6.54 Å². The van der Waals surface area contributed by atoms with Crippen LogP contribution in [-0.4, -0.2) is 31.1 Å². The molecule has 0 fully saturated rings. The Hall–Kier alpha value is -2.09. The maximum atomic E-state index is 13.7. The summed E-state index contributed by atoms with van der Waals surface area (Å²) in [4.78, 5) is 21.2. The van der Waals surface area contributed by atoms with Crippen molar-refractivity contribution in [2.45, 2.75) is 12.8 Å². The van der Waals surface area contributed by atoms with Gasteiger partial charge < -0.3 is 10.1 Å². The second-order valence-electron chi connectivity index (χ2n) is 3.97. The topological polar surface area (TPSA) is 81.5 Å². The molecule has 0 saturated carbocycles. The van der Waals surface area contributed by atoms with Crippen LogP contribution in [0.15, 0.2) is 12.1 Å². The summed E-state index contributed by atoms with van der Waals surface area (Å²) in [6, 6.07) is 1.38.